The van der Waals surface area contributed by atoms with E-state index in [2.05, 4.69) is 46.5 Å². The molecule has 6 heteroatoms. The van der Waals surface area contributed by atoms with Gasteiger partial charge in [0.05, 0.1) is 12.9 Å². The average molecular weight is 499 g/mol. The molecule has 1 N–H and O–H groups in total. The quantitative estimate of drug-likeness (QED) is 0.309. The number of phenols is 1. The Morgan fingerprint density at radius 3 is 2.76 bits per heavy atom. The smallest absolute Gasteiger partial charge is 0.166 e. The number of aromatic nitrogens is 1. The molecule has 2 heterocycles. The fraction of sp³-hybridized carbons (Fsp3) is 0.323. The Balaban J connectivity index is 1.35. The van der Waals surface area contributed by atoms with Crippen LogP contribution >= 0.6 is 0 Å². The van der Waals surface area contributed by atoms with Gasteiger partial charge in [-0.25, -0.2) is 0 Å². The van der Waals surface area contributed by atoms with Crippen molar-refractivity contribution < 1.29 is 18.8 Å². The van der Waals surface area contributed by atoms with Crippen molar-refractivity contribution in [2.75, 3.05) is 26.3 Å². The second-order valence-electron chi connectivity index (χ2n) is 10.0. The summed E-state index contributed by atoms with van der Waals surface area (Å²) >= 11 is 0. The summed E-state index contributed by atoms with van der Waals surface area (Å²) in [5.41, 5.74) is 7.85. The molecule has 1 aliphatic heterocycles. The number of benzene rings is 3. The Bertz CT molecular complexity index is 1430. The van der Waals surface area contributed by atoms with E-state index in [1.807, 2.05) is 18.2 Å². The number of fused-ring (bicyclic) bond motifs is 2. The molecule has 0 saturated carbocycles. The molecule has 1 aromatic heterocycles. The Morgan fingerprint density at radius 2 is 1.89 bits per heavy atom. The van der Waals surface area contributed by atoms with Crippen molar-refractivity contribution in [2.24, 2.45) is 0 Å². The van der Waals surface area contributed by atoms with E-state index < -0.39 is 0 Å². The van der Waals surface area contributed by atoms with E-state index in [1.54, 1.807) is 12.3 Å². The number of ether oxygens (including phenoxy) is 1. The van der Waals surface area contributed by atoms with Crippen molar-refractivity contribution >= 4 is 22.1 Å². The maximum Gasteiger partial charge on any atom is 0.166 e. The van der Waals surface area contributed by atoms with Crippen molar-refractivity contribution in [2.45, 2.75) is 38.2 Å². The molecule has 6 rings (SSSR count). The second-order valence-corrected chi connectivity index (χ2v) is 10.0. The molecule has 37 heavy (non-hydrogen) atoms. The zero-order chi connectivity index (χ0) is 25.2. The predicted molar refractivity (Wildman–Crippen MR) is 143 cm³/mol. The van der Waals surface area contributed by atoms with Gasteiger partial charge in [0.1, 0.15) is 17.6 Å². The molecule has 5 nitrogen and oxygen atoms in total. The van der Waals surface area contributed by atoms with Gasteiger partial charge in [-0.2, -0.15) is 0 Å². The summed E-state index contributed by atoms with van der Waals surface area (Å²) < 4.78 is 24.1. The number of nitrogens with zero attached hydrogens (tertiary/aromatic N) is 2. The maximum absolute atomic E-state index is 12.5. The highest BCUT2D eigenvalue weighted by atomic mass is 19.1. The van der Waals surface area contributed by atoms with Gasteiger partial charge in [-0.1, -0.05) is 29.4 Å². The first kappa shape index (κ1) is 23.7. The molecular formula is C31H31FN2O3. The number of likely N-dealkylation sites (tertiary alicyclic amines) is 1. The van der Waals surface area contributed by atoms with Crippen LogP contribution in [0.25, 0.3) is 22.1 Å². The molecule has 1 saturated heterocycles. The lowest BCUT2D eigenvalue weighted by atomic mass is 9.87. The molecule has 0 bridgehead atoms. The first-order valence-electron chi connectivity index (χ1n) is 13.1. The van der Waals surface area contributed by atoms with E-state index in [4.69, 9.17) is 9.26 Å². The van der Waals surface area contributed by atoms with Crippen molar-refractivity contribution in [3.05, 3.63) is 89.1 Å². The van der Waals surface area contributed by atoms with Gasteiger partial charge in [-0.3, -0.25) is 9.29 Å². The third-order valence-electron chi connectivity index (χ3n) is 7.52. The molecule has 4 aromatic rings. The van der Waals surface area contributed by atoms with Crippen molar-refractivity contribution in [1.29, 1.82) is 0 Å². The summed E-state index contributed by atoms with van der Waals surface area (Å²) in [6, 6.07) is 20.3. The van der Waals surface area contributed by atoms with Gasteiger partial charge >= 0.3 is 0 Å². The van der Waals surface area contributed by atoms with Crippen LogP contribution in [0.15, 0.2) is 71.4 Å². The van der Waals surface area contributed by atoms with Crippen LogP contribution in [0.4, 0.5) is 4.39 Å². The van der Waals surface area contributed by atoms with Crippen LogP contribution in [0.5, 0.6) is 11.5 Å². The summed E-state index contributed by atoms with van der Waals surface area (Å²) in [7, 11) is 0. The predicted octanol–water partition coefficient (Wildman–Crippen LogP) is 6.64. The number of hydrogen-bond acceptors (Lipinski definition) is 5. The highest BCUT2D eigenvalue weighted by molar-refractivity contribution is 6.01. The van der Waals surface area contributed by atoms with Gasteiger partial charge < -0.3 is 14.4 Å². The normalized spacial score (nSPS) is 18.2. The average Bonchev–Trinajstić information content (AvgIpc) is 3.53. The van der Waals surface area contributed by atoms with Crippen LogP contribution < -0.4 is 4.74 Å². The van der Waals surface area contributed by atoms with E-state index in [0.29, 0.717) is 12.2 Å². The summed E-state index contributed by atoms with van der Waals surface area (Å²) in [4.78, 5) is 2.28. The molecular weight excluding hydrogens is 467 g/mol. The van der Waals surface area contributed by atoms with Crippen LogP contribution in [0.2, 0.25) is 0 Å². The molecule has 0 amide bonds. The molecule has 1 aliphatic carbocycles. The fourth-order valence-electron chi connectivity index (χ4n) is 5.72. The number of halogens is 1. The van der Waals surface area contributed by atoms with Gasteiger partial charge in [0.25, 0.3) is 0 Å². The number of phenolic OH excluding ortho intramolecular Hbond substituents is 1. The highest BCUT2D eigenvalue weighted by Gasteiger charge is 2.24. The minimum Gasteiger partial charge on any atom is -0.508 e. The van der Waals surface area contributed by atoms with Crippen molar-refractivity contribution in [1.82, 2.24) is 10.1 Å². The minimum atomic E-state index is -0.267. The lowest BCUT2D eigenvalue weighted by molar-refractivity contribution is 0.198. The topological polar surface area (TPSA) is 58.7 Å². The molecule has 0 unspecified atom stereocenters. The largest absolute Gasteiger partial charge is 0.508 e. The van der Waals surface area contributed by atoms with Gasteiger partial charge in [0.2, 0.25) is 0 Å². The monoisotopic (exact) mass is 498 g/mol. The van der Waals surface area contributed by atoms with E-state index >= 15 is 0 Å². The molecule has 1 atom stereocenters. The first-order valence-corrected chi connectivity index (χ1v) is 13.1. The Hall–Kier alpha value is -3.64. The SMILES string of the molecule is Oc1ccc2c(c1)CCCC(c1ccc3oncc3c1)=C2c1ccc(O[C@H]2CCN(CCCF)C2)cc1. The molecule has 3 aromatic carbocycles. The van der Waals surface area contributed by atoms with Crippen LogP contribution in [0.1, 0.15) is 47.9 Å². The molecule has 1 fully saturated rings. The number of alkyl halides is 1. The summed E-state index contributed by atoms with van der Waals surface area (Å²) in [5.74, 6) is 1.15. The van der Waals surface area contributed by atoms with E-state index in [9.17, 15) is 9.50 Å². The van der Waals surface area contributed by atoms with Crippen molar-refractivity contribution in [3.8, 4) is 11.5 Å². The zero-order valence-electron chi connectivity index (χ0n) is 20.8. The molecule has 2 aliphatic rings. The number of hydrogen-bond donors (Lipinski definition) is 1. The van der Waals surface area contributed by atoms with E-state index in [-0.39, 0.29) is 12.8 Å². The maximum atomic E-state index is 12.5. The Kier molecular flexibility index (Phi) is 6.66. The van der Waals surface area contributed by atoms with Gasteiger partial charge in [0.15, 0.2) is 5.58 Å². The molecule has 0 radical (unpaired) electrons. The zero-order valence-corrected chi connectivity index (χ0v) is 20.8. The Labute approximate surface area is 216 Å². The molecule has 0 spiro atoms. The van der Waals surface area contributed by atoms with Gasteiger partial charge in [0, 0.05) is 25.0 Å². The highest BCUT2D eigenvalue weighted by Crippen LogP contribution is 2.41. The number of aromatic hydroxyl groups is 1. The van der Waals surface area contributed by atoms with Crippen LogP contribution in [0.3, 0.4) is 0 Å². The first-order chi connectivity index (χ1) is 18.2. The van der Waals surface area contributed by atoms with Crippen LogP contribution in [-0.4, -0.2) is 47.6 Å². The lowest BCUT2D eigenvalue weighted by Crippen LogP contribution is -2.26. The van der Waals surface area contributed by atoms with Gasteiger partial charge in [-0.05, 0) is 102 Å². The second kappa shape index (κ2) is 10.4. The summed E-state index contributed by atoms with van der Waals surface area (Å²) in [6.45, 7) is 2.33. The van der Waals surface area contributed by atoms with E-state index in [1.165, 1.54) is 11.1 Å². The molecule has 190 valence electrons. The third-order valence-corrected chi connectivity index (χ3v) is 7.52. The summed E-state index contributed by atoms with van der Waals surface area (Å²) in [6.07, 6.45) is 6.28. The van der Waals surface area contributed by atoms with Crippen LogP contribution in [0, 0.1) is 0 Å². The fourth-order valence-corrected chi connectivity index (χ4v) is 5.72. The van der Waals surface area contributed by atoms with E-state index in [0.717, 1.165) is 84.3 Å². The summed E-state index contributed by atoms with van der Waals surface area (Å²) in [5, 5.41) is 15.1. The standard InChI is InChI=1S/C31H31FN2O3/c32-14-2-15-34-16-13-27(20-34)36-26-9-5-21(6-10-26)31-28(23-7-12-30-24(17-23)19-33-37-30)4-1-3-22-18-25(35)8-11-29(22)31/h5-12,17-19,27,35H,1-4,13-16,20H2/t27-/m0/s1. The third kappa shape index (κ3) is 4.98. The van der Waals surface area contributed by atoms with Gasteiger partial charge in [-0.15, -0.1) is 0 Å². The number of allylic oxidation sites excluding steroid dienone is 1. The van der Waals surface area contributed by atoms with Crippen molar-refractivity contribution in [3.63, 3.8) is 0 Å². The number of aryl methyl sites for hydroxylation is 1. The van der Waals surface area contributed by atoms with Crippen LogP contribution in [-0.2, 0) is 6.42 Å². The number of rotatable bonds is 7. The minimum absolute atomic E-state index is 0.136. The lowest BCUT2D eigenvalue weighted by Gasteiger charge is -2.18. The Morgan fingerprint density at radius 1 is 1.03 bits per heavy atom.